The van der Waals surface area contributed by atoms with E-state index in [1.165, 1.54) is 11.3 Å². The zero-order chi connectivity index (χ0) is 18.0. The Balaban J connectivity index is 1.64. The normalized spacial score (nSPS) is 10.7. The molecule has 0 saturated heterocycles. The first-order valence-electron chi connectivity index (χ1n) is 7.95. The molecule has 1 aromatic heterocycles. The molecular weight excluding hydrogens is 334 g/mol. The number of hydrogen-bond acceptors (Lipinski definition) is 4. The molecule has 0 aliphatic heterocycles. The molecule has 2 amide bonds. The van der Waals surface area contributed by atoms with Crippen LogP contribution < -0.4 is 10.6 Å². The van der Waals surface area contributed by atoms with Gasteiger partial charge in [-0.05, 0) is 49.6 Å². The van der Waals surface area contributed by atoms with Crippen LogP contribution >= 0.6 is 11.3 Å². The Bertz CT molecular complexity index is 962. The molecular formula is C19H19N3O2S. The third-order valence-electron chi connectivity index (χ3n) is 3.88. The summed E-state index contributed by atoms with van der Waals surface area (Å²) in [5, 5.41) is 5.93. The predicted molar refractivity (Wildman–Crippen MR) is 101 cm³/mol. The van der Waals surface area contributed by atoms with E-state index in [1.807, 2.05) is 32.9 Å². The number of aromatic nitrogens is 1. The van der Waals surface area contributed by atoms with Gasteiger partial charge in [-0.1, -0.05) is 35.6 Å². The lowest BCUT2D eigenvalue weighted by atomic mass is 10.1. The maximum absolute atomic E-state index is 12.1. The number of benzene rings is 2. The zero-order valence-electron chi connectivity index (χ0n) is 14.3. The van der Waals surface area contributed by atoms with Crippen LogP contribution in [0.2, 0.25) is 0 Å². The number of anilines is 1. The number of nitrogens with one attached hydrogen (secondary N) is 2. The third kappa shape index (κ3) is 3.85. The van der Waals surface area contributed by atoms with Gasteiger partial charge in [0.25, 0.3) is 5.91 Å². The molecule has 0 saturated carbocycles. The van der Waals surface area contributed by atoms with Crippen molar-refractivity contribution < 1.29 is 9.59 Å². The van der Waals surface area contributed by atoms with Gasteiger partial charge in [0, 0.05) is 5.56 Å². The summed E-state index contributed by atoms with van der Waals surface area (Å²) in [5.74, 6) is -0.556. The Hall–Kier alpha value is -2.73. The number of aryl methyl sites for hydroxylation is 3. The number of carbonyl (C=O) groups excluding carboxylic acids is 2. The van der Waals surface area contributed by atoms with E-state index in [4.69, 9.17) is 0 Å². The predicted octanol–water partition coefficient (Wildman–Crippen LogP) is 3.59. The van der Waals surface area contributed by atoms with Crippen LogP contribution in [0.25, 0.3) is 10.2 Å². The molecule has 0 spiro atoms. The smallest absolute Gasteiger partial charge is 0.251 e. The minimum atomic E-state index is -0.296. The molecule has 5 nitrogen and oxygen atoms in total. The molecule has 6 heteroatoms. The monoisotopic (exact) mass is 353 g/mol. The Kier molecular flexibility index (Phi) is 4.81. The molecule has 0 radical (unpaired) electrons. The number of thiazole rings is 1. The largest absolute Gasteiger partial charge is 0.343 e. The number of rotatable bonds is 4. The Morgan fingerprint density at radius 1 is 1.08 bits per heavy atom. The van der Waals surface area contributed by atoms with Gasteiger partial charge in [0.1, 0.15) is 0 Å². The number of carbonyl (C=O) groups is 2. The number of fused-ring (bicyclic) bond motifs is 1. The molecule has 1 heterocycles. The van der Waals surface area contributed by atoms with Crippen LogP contribution in [0.4, 0.5) is 5.13 Å². The van der Waals surface area contributed by atoms with Crippen molar-refractivity contribution in [1.82, 2.24) is 10.3 Å². The summed E-state index contributed by atoms with van der Waals surface area (Å²) in [6.07, 6.45) is 0. The van der Waals surface area contributed by atoms with Crippen molar-refractivity contribution in [3.8, 4) is 0 Å². The number of hydrogen-bond donors (Lipinski definition) is 2. The van der Waals surface area contributed by atoms with E-state index in [0.29, 0.717) is 10.7 Å². The van der Waals surface area contributed by atoms with Crippen LogP contribution in [-0.4, -0.2) is 23.3 Å². The highest BCUT2D eigenvalue weighted by atomic mass is 32.1. The van der Waals surface area contributed by atoms with Crippen molar-refractivity contribution in [2.45, 2.75) is 20.8 Å². The van der Waals surface area contributed by atoms with Crippen LogP contribution in [0.3, 0.4) is 0 Å². The average Bonchev–Trinajstić information content (AvgIpc) is 2.95. The molecule has 25 heavy (non-hydrogen) atoms. The zero-order valence-corrected chi connectivity index (χ0v) is 15.2. The summed E-state index contributed by atoms with van der Waals surface area (Å²) >= 11 is 1.43. The summed E-state index contributed by atoms with van der Waals surface area (Å²) in [4.78, 5) is 28.7. The van der Waals surface area contributed by atoms with Gasteiger partial charge in [0.2, 0.25) is 5.91 Å². The highest BCUT2D eigenvalue weighted by molar-refractivity contribution is 7.22. The second-order valence-corrected chi connectivity index (χ2v) is 7.02. The van der Waals surface area contributed by atoms with Gasteiger partial charge in [0.05, 0.1) is 16.8 Å². The molecule has 0 aliphatic carbocycles. The summed E-state index contributed by atoms with van der Waals surface area (Å²) in [6, 6.07) is 11.4. The topological polar surface area (TPSA) is 71.1 Å². The molecule has 0 bridgehead atoms. The molecule has 3 rings (SSSR count). The lowest BCUT2D eigenvalue weighted by molar-refractivity contribution is -0.115. The lowest BCUT2D eigenvalue weighted by Gasteiger charge is -2.07. The van der Waals surface area contributed by atoms with Crippen molar-refractivity contribution >= 4 is 38.5 Å². The third-order valence-corrected chi connectivity index (χ3v) is 4.79. The van der Waals surface area contributed by atoms with E-state index in [2.05, 4.69) is 27.8 Å². The summed E-state index contributed by atoms with van der Waals surface area (Å²) in [6.45, 7) is 5.80. The van der Waals surface area contributed by atoms with Gasteiger partial charge in [0.15, 0.2) is 5.13 Å². The second kappa shape index (κ2) is 7.03. The molecule has 2 aromatic carbocycles. The van der Waals surface area contributed by atoms with E-state index < -0.39 is 0 Å². The SMILES string of the molecule is Cc1cc(C)c2nc(NC(=O)CNC(=O)c3ccccc3C)sc2c1. The fourth-order valence-corrected chi connectivity index (χ4v) is 3.73. The first kappa shape index (κ1) is 17.1. The fourth-order valence-electron chi connectivity index (χ4n) is 2.67. The molecule has 0 unspecified atom stereocenters. The fraction of sp³-hybridized carbons (Fsp3) is 0.211. The van der Waals surface area contributed by atoms with Gasteiger partial charge in [-0.3, -0.25) is 9.59 Å². The summed E-state index contributed by atoms with van der Waals surface area (Å²) in [7, 11) is 0. The van der Waals surface area contributed by atoms with Crippen LogP contribution in [0.1, 0.15) is 27.0 Å². The van der Waals surface area contributed by atoms with Crippen molar-refractivity contribution in [2.24, 2.45) is 0 Å². The summed E-state index contributed by atoms with van der Waals surface area (Å²) in [5.41, 5.74) is 4.59. The van der Waals surface area contributed by atoms with Crippen LogP contribution in [0.15, 0.2) is 36.4 Å². The van der Waals surface area contributed by atoms with Gasteiger partial charge in [-0.25, -0.2) is 4.98 Å². The lowest BCUT2D eigenvalue weighted by Crippen LogP contribution is -2.33. The van der Waals surface area contributed by atoms with Crippen LogP contribution in [0, 0.1) is 20.8 Å². The molecule has 0 aliphatic rings. The summed E-state index contributed by atoms with van der Waals surface area (Å²) < 4.78 is 1.04. The van der Waals surface area contributed by atoms with E-state index in [0.717, 1.165) is 26.9 Å². The van der Waals surface area contributed by atoms with Crippen molar-refractivity contribution in [2.75, 3.05) is 11.9 Å². The second-order valence-electron chi connectivity index (χ2n) is 5.99. The van der Waals surface area contributed by atoms with E-state index in [-0.39, 0.29) is 18.4 Å². The average molecular weight is 353 g/mol. The quantitative estimate of drug-likeness (QED) is 0.753. The van der Waals surface area contributed by atoms with Gasteiger partial charge in [-0.2, -0.15) is 0 Å². The Morgan fingerprint density at radius 3 is 2.60 bits per heavy atom. The van der Waals surface area contributed by atoms with Gasteiger partial charge in [-0.15, -0.1) is 0 Å². The minimum absolute atomic E-state index is 0.0961. The van der Waals surface area contributed by atoms with Crippen molar-refractivity contribution in [1.29, 1.82) is 0 Å². The number of nitrogens with zero attached hydrogens (tertiary/aromatic N) is 1. The highest BCUT2D eigenvalue weighted by Crippen LogP contribution is 2.29. The Labute approximate surface area is 150 Å². The molecule has 2 N–H and O–H groups in total. The first-order chi connectivity index (χ1) is 11.9. The van der Waals surface area contributed by atoms with Crippen LogP contribution in [0.5, 0.6) is 0 Å². The maximum atomic E-state index is 12.1. The van der Waals surface area contributed by atoms with Gasteiger partial charge >= 0.3 is 0 Å². The van der Waals surface area contributed by atoms with Crippen molar-refractivity contribution in [3.63, 3.8) is 0 Å². The van der Waals surface area contributed by atoms with Crippen molar-refractivity contribution in [3.05, 3.63) is 58.7 Å². The molecule has 0 fully saturated rings. The van der Waals surface area contributed by atoms with E-state index in [1.54, 1.807) is 12.1 Å². The number of amides is 2. The highest BCUT2D eigenvalue weighted by Gasteiger charge is 2.12. The molecule has 3 aromatic rings. The standard InChI is InChI=1S/C19H19N3O2S/c1-11-8-13(3)17-15(9-11)25-19(22-17)21-16(23)10-20-18(24)14-7-5-4-6-12(14)2/h4-9H,10H2,1-3H3,(H,20,24)(H,21,22,23). The molecule has 128 valence electrons. The van der Waals surface area contributed by atoms with E-state index >= 15 is 0 Å². The molecule has 0 atom stereocenters. The maximum Gasteiger partial charge on any atom is 0.251 e. The van der Waals surface area contributed by atoms with Crippen LogP contribution in [-0.2, 0) is 4.79 Å². The van der Waals surface area contributed by atoms with Gasteiger partial charge < -0.3 is 10.6 Å². The minimum Gasteiger partial charge on any atom is -0.343 e. The van der Waals surface area contributed by atoms with E-state index in [9.17, 15) is 9.59 Å². The first-order valence-corrected chi connectivity index (χ1v) is 8.77. The Morgan fingerprint density at radius 2 is 1.84 bits per heavy atom.